The van der Waals surface area contributed by atoms with E-state index in [1.165, 1.54) is 37.6 Å². The molecule has 1 amide bonds. The number of carbonyl (C=O) groups excluding carboxylic acids is 1. The number of phenols is 1. The van der Waals surface area contributed by atoms with Crippen LogP contribution in [0.2, 0.25) is 10.0 Å². The first-order chi connectivity index (χ1) is 14.5. The Bertz CT molecular complexity index is 1070. The topological polar surface area (TPSA) is 80.2 Å². The van der Waals surface area contributed by atoms with Crippen LogP contribution in [0.3, 0.4) is 0 Å². The zero-order chi connectivity index (χ0) is 21.5. The Labute approximate surface area is 183 Å². The van der Waals surface area contributed by atoms with E-state index in [9.17, 15) is 9.90 Å². The van der Waals surface area contributed by atoms with Crippen LogP contribution in [0, 0.1) is 0 Å². The molecule has 0 saturated heterocycles. The summed E-state index contributed by atoms with van der Waals surface area (Å²) in [6.07, 6.45) is 1.49. The Morgan fingerprint density at radius 3 is 2.53 bits per heavy atom. The zero-order valence-electron chi connectivity index (χ0n) is 15.9. The SMILES string of the molecule is COc1cc(/C=N/NC(=O)c2ccc(O)cc2)ccc1OCc1ccc(Cl)cc1Cl. The molecule has 0 atom stereocenters. The van der Waals surface area contributed by atoms with Crippen LogP contribution in [-0.4, -0.2) is 24.3 Å². The summed E-state index contributed by atoms with van der Waals surface area (Å²) in [7, 11) is 1.53. The van der Waals surface area contributed by atoms with Crippen molar-refractivity contribution in [3.63, 3.8) is 0 Å². The van der Waals surface area contributed by atoms with Gasteiger partial charge in [0.05, 0.1) is 13.3 Å². The number of nitrogens with one attached hydrogen (secondary N) is 1. The van der Waals surface area contributed by atoms with Gasteiger partial charge in [-0.2, -0.15) is 5.10 Å². The quantitative estimate of drug-likeness (QED) is 0.394. The second kappa shape index (κ2) is 10.0. The summed E-state index contributed by atoms with van der Waals surface area (Å²) in [5.74, 6) is 0.739. The van der Waals surface area contributed by atoms with Crippen LogP contribution >= 0.6 is 23.2 Å². The number of hydrogen-bond acceptors (Lipinski definition) is 5. The monoisotopic (exact) mass is 444 g/mol. The largest absolute Gasteiger partial charge is 0.508 e. The lowest BCUT2D eigenvalue weighted by atomic mass is 10.2. The Hall–Kier alpha value is -3.22. The van der Waals surface area contributed by atoms with Crippen LogP contribution in [0.1, 0.15) is 21.5 Å². The third-order valence-corrected chi connectivity index (χ3v) is 4.68. The number of carbonyl (C=O) groups is 1. The summed E-state index contributed by atoms with van der Waals surface area (Å²) < 4.78 is 11.2. The molecule has 2 N–H and O–H groups in total. The molecule has 0 radical (unpaired) electrons. The van der Waals surface area contributed by atoms with Gasteiger partial charge >= 0.3 is 0 Å². The van der Waals surface area contributed by atoms with Crippen LogP contribution in [0.25, 0.3) is 0 Å². The summed E-state index contributed by atoms with van der Waals surface area (Å²) in [5.41, 5.74) is 4.31. The maximum atomic E-state index is 12.0. The highest BCUT2D eigenvalue weighted by Gasteiger charge is 2.08. The molecular formula is C22H18Cl2N2O4. The molecular weight excluding hydrogens is 427 g/mol. The first-order valence-corrected chi connectivity index (χ1v) is 9.59. The van der Waals surface area contributed by atoms with Gasteiger partial charge in [0, 0.05) is 21.2 Å². The lowest BCUT2D eigenvalue weighted by Crippen LogP contribution is -2.17. The van der Waals surface area contributed by atoms with E-state index in [1.807, 2.05) is 0 Å². The average Bonchev–Trinajstić information content (AvgIpc) is 2.74. The van der Waals surface area contributed by atoms with Crippen LogP contribution in [0.5, 0.6) is 17.2 Å². The van der Waals surface area contributed by atoms with E-state index < -0.39 is 5.91 Å². The number of nitrogens with zero attached hydrogens (tertiary/aromatic N) is 1. The van der Waals surface area contributed by atoms with Gasteiger partial charge in [-0.15, -0.1) is 0 Å². The highest BCUT2D eigenvalue weighted by Crippen LogP contribution is 2.29. The third-order valence-electron chi connectivity index (χ3n) is 4.10. The molecule has 0 fully saturated rings. The molecule has 8 heteroatoms. The number of benzene rings is 3. The normalized spacial score (nSPS) is 10.8. The van der Waals surface area contributed by atoms with Gasteiger partial charge in [-0.25, -0.2) is 5.43 Å². The van der Waals surface area contributed by atoms with E-state index in [2.05, 4.69) is 10.5 Å². The molecule has 3 aromatic carbocycles. The van der Waals surface area contributed by atoms with Gasteiger partial charge in [0.25, 0.3) is 5.91 Å². The maximum absolute atomic E-state index is 12.0. The fraction of sp³-hybridized carbons (Fsp3) is 0.0909. The molecule has 0 bridgehead atoms. The number of aromatic hydroxyl groups is 1. The molecule has 0 unspecified atom stereocenters. The number of rotatable bonds is 7. The Kier molecular flexibility index (Phi) is 7.17. The van der Waals surface area contributed by atoms with Crippen molar-refractivity contribution in [2.45, 2.75) is 6.61 Å². The standard InChI is InChI=1S/C22H18Cl2N2O4/c1-29-21-10-14(12-25-26-22(28)15-4-7-18(27)8-5-15)2-9-20(21)30-13-16-3-6-17(23)11-19(16)24/h2-12,27H,13H2,1H3,(H,26,28)/b25-12+. The van der Waals surface area contributed by atoms with E-state index in [4.69, 9.17) is 32.7 Å². The lowest BCUT2D eigenvalue weighted by Gasteiger charge is -2.12. The van der Waals surface area contributed by atoms with Gasteiger partial charge in [0.2, 0.25) is 0 Å². The fourth-order valence-corrected chi connectivity index (χ4v) is 2.98. The minimum absolute atomic E-state index is 0.0859. The first kappa shape index (κ1) is 21.5. The average molecular weight is 445 g/mol. The second-order valence-corrected chi connectivity index (χ2v) is 7.02. The molecule has 0 aromatic heterocycles. The molecule has 0 aliphatic heterocycles. The van der Waals surface area contributed by atoms with Crippen LogP contribution in [-0.2, 0) is 6.61 Å². The minimum atomic E-state index is -0.391. The number of amides is 1. The summed E-state index contributed by atoms with van der Waals surface area (Å²) >= 11 is 12.1. The van der Waals surface area contributed by atoms with Crippen molar-refractivity contribution in [3.8, 4) is 17.2 Å². The number of halogens is 2. The second-order valence-electron chi connectivity index (χ2n) is 6.18. The van der Waals surface area contributed by atoms with Gasteiger partial charge in [-0.1, -0.05) is 29.3 Å². The minimum Gasteiger partial charge on any atom is -0.508 e. The highest BCUT2D eigenvalue weighted by molar-refractivity contribution is 6.35. The molecule has 0 spiro atoms. The fourth-order valence-electron chi connectivity index (χ4n) is 2.52. The van der Waals surface area contributed by atoms with Crippen molar-refractivity contribution < 1.29 is 19.4 Å². The van der Waals surface area contributed by atoms with Crippen LogP contribution in [0.15, 0.2) is 65.8 Å². The number of methoxy groups -OCH3 is 1. The number of ether oxygens (including phenoxy) is 2. The molecule has 0 aliphatic rings. The maximum Gasteiger partial charge on any atom is 0.271 e. The van der Waals surface area contributed by atoms with Crippen molar-refractivity contribution in [2.75, 3.05) is 7.11 Å². The molecule has 6 nitrogen and oxygen atoms in total. The molecule has 0 aliphatic carbocycles. The predicted octanol–water partition coefficient (Wildman–Crippen LogP) is 5.05. The lowest BCUT2D eigenvalue weighted by molar-refractivity contribution is 0.0955. The Balaban J connectivity index is 1.63. The van der Waals surface area contributed by atoms with Gasteiger partial charge in [0.15, 0.2) is 11.5 Å². The molecule has 0 heterocycles. The summed E-state index contributed by atoms with van der Waals surface area (Å²) in [4.78, 5) is 12.0. The first-order valence-electron chi connectivity index (χ1n) is 8.83. The molecule has 30 heavy (non-hydrogen) atoms. The summed E-state index contributed by atoms with van der Waals surface area (Å²) in [6.45, 7) is 0.252. The highest BCUT2D eigenvalue weighted by atomic mass is 35.5. The van der Waals surface area contributed by atoms with Crippen molar-refractivity contribution in [2.24, 2.45) is 5.10 Å². The van der Waals surface area contributed by atoms with E-state index in [0.717, 1.165) is 5.56 Å². The van der Waals surface area contributed by atoms with E-state index in [1.54, 1.807) is 36.4 Å². The van der Waals surface area contributed by atoms with E-state index >= 15 is 0 Å². The molecule has 3 rings (SSSR count). The van der Waals surface area contributed by atoms with Crippen molar-refractivity contribution in [1.82, 2.24) is 5.43 Å². The molecule has 154 valence electrons. The predicted molar refractivity (Wildman–Crippen MR) is 117 cm³/mol. The summed E-state index contributed by atoms with van der Waals surface area (Å²) in [6, 6.07) is 16.3. The van der Waals surface area contributed by atoms with Gasteiger partial charge < -0.3 is 14.6 Å². The summed E-state index contributed by atoms with van der Waals surface area (Å²) in [5, 5.41) is 14.3. The molecule has 0 saturated carbocycles. The van der Waals surface area contributed by atoms with Crippen molar-refractivity contribution in [3.05, 3.63) is 87.4 Å². The number of hydrogen-bond donors (Lipinski definition) is 2. The van der Waals surface area contributed by atoms with Crippen LogP contribution in [0.4, 0.5) is 0 Å². The van der Waals surface area contributed by atoms with Gasteiger partial charge in [-0.3, -0.25) is 4.79 Å². The van der Waals surface area contributed by atoms with Crippen molar-refractivity contribution >= 4 is 35.3 Å². The molecule has 3 aromatic rings. The van der Waals surface area contributed by atoms with Gasteiger partial charge in [-0.05, 0) is 60.2 Å². The number of phenolic OH excluding ortho intramolecular Hbond substituents is 1. The van der Waals surface area contributed by atoms with Crippen molar-refractivity contribution in [1.29, 1.82) is 0 Å². The zero-order valence-corrected chi connectivity index (χ0v) is 17.4. The van der Waals surface area contributed by atoms with Crippen LogP contribution < -0.4 is 14.9 Å². The third kappa shape index (κ3) is 5.65. The Morgan fingerprint density at radius 1 is 1.07 bits per heavy atom. The van der Waals surface area contributed by atoms with E-state index in [-0.39, 0.29) is 12.4 Å². The smallest absolute Gasteiger partial charge is 0.271 e. The van der Waals surface area contributed by atoms with Gasteiger partial charge in [0.1, 0.15) is 12.4 Å². The van der Waals surface area contributed by atoms with E-state index in [0.29, 0.717) is 32.7 Å². The number of hydrazone groups is 1. The Morgan fingerprint density at radius 2 is 1.83 bits per heavy atom.